The summed E-state index contributed by atoms with van der Waals surface area (Å²) >= 11 is 1.05. The molecule has 8 heteroatoms. The van der Waals surface area contributed by atoms with Gasteiger partial charge in [-0.3, -0.25) is 9.10 Å². The average molecular weight is 495 g/mol. The van der Waals surface area contributed by atoms with E-state index < -0.39 is 21.7 Å². The monoisotopic (exact) mass is 494 g/mol. The highest BCUT2D eigenvalue weighted by atomic mass is 32.2. The van der Waals surface area contributed by atoms with E-state index in [-0.39, 0.29) is 16.3 Å². The number of aryl methyl sites for hydroxylation is 1. The molecule has 0 saturated heterocycles. The number of halogens is 1. The van der Waals surface area contributed by atoms with E-state index in [1.807, 2.05) is 31.2 Å². The molecule has 0 atom stereocenters. The molecule has 0 unspecified atom stereocenters. The fourth-order valence-corrected chi connectivity index (χ4v) is 6.44. The van der Waals surface area contributed by atoms with Crippen LogP contribution in [0.4, 0.5) is 10.1 Å². The molecule has 3 aromatic carbocycles. The molecule has 0 fully saturated rings. The van der Waals surface area contributed by atoms with E-state index in [4.69, 9.17) is 0 Å². The van der Waals surface area contributed by atoms with E-state index in [9.17, 15) is 17.6 Å². The van der Waals surface area contributed by atoms with Crippen LogP contribution < -0.4 is 9.62 Å². The van der Waals surface area contributed by atoms with Crippen molar-refractivity contribution in [2.24, 2.45) is 0 Å². The zero-order valence-electron chi connectivity index (χ0n) is 18.7. The smallest absolute Gasteiger partial charge is 0.266 e. The van der Waals surface area contributed by atoms with Crippen molar-refractivity contribution in [1.82, 2.24) is 5.32 Å². The van der Waals surface area contributed by atoms with Gasteiger partial charge >= 0.3 is 0 Å². The molecular weight excluding hydrogens is 471 g/mol. The van der Waals surface area contributed by atoms with Gasteiger partial charge in [0.05, 0.1) is 5.69 Å². The predicted molar refractivity (Wildman–Crippen MR) is 134 cm³/mol. The van der Waals surface area contributed by atoms with E-state index in [0.29, 0.717) is 22.4 Å². The Morgan fingerprint density at radius 3 is 2.41 bits per heavy atom. The zero-order chi connectivity index (χ0) is 24.3. The Morgan fingerprint density at radius 1 is 1.00 bits per heavy atom. The lowest BCUT2D eigenvalue weighted by atomic mass is 10.1. The first kappa shape index (κ1) is 23.7. The van der Waals surface area contributed by atoms with Crippen LogP contribution in [0.3, 0.4) is 0 Å². The van der Waals surface area contributed by atoms with E-state index >= 15 is 0 Å². The largest absolute Gasteiger partial charge is 0.347 e. The molecule has 0 aliphatic carbocycles. The number of anilines is 1. The number of rotatable bonds is 7. The third kappa shape index (κ3) is 4.73. The second kappa shape index (κ2) is 9.79. The van der Waals surface area contributed by atoms with Crippen molar-refractivity contribution in [1.29, 1.82) is 0 Å². The predicted octanol–water partition coefficient (Wildman–Crippen LogP) is 5.62. The Kier molecular flexibility index (Phi) is 6.81. The fourth-order valence-electron chi connectivity index (χ4n) is 3.57. The lowest BCUT2D eigenvalue weighted by Gasteiger charge is -2.21. The van der Waals surface area contributed by atoms with Crippen LogP contribution in [0.15, 0.2) is 89.1 Å². The summed E-state index contributed by atoms with van der Waals surface area (Å²) in [7, 11) is -2.63. The highest BCUT2D eigenvalue weighted by Crippen LogP contribution is 2.38. The number of amides is 1. The van der Waals surface area contributed by atoms with Crippen LogP contribution in [-0.4, -0.2) is 21.4 Å². The molecule has 0 bridgehead atoms. The summed E-state index contributed by atoms with van der Waals surface area (Å²) in [5, 5.41) is 4.34. The summed E-state index contributed by atoms with van der Waals surface area (Å²) in [4.78, 5) is 13.1. The van der Waals surface area contributed by atoms with Crippen LogP contribution in [0, 0.1) is 12.7 Å². The van der Waals surface area contributed by atoms with Crippen molar-refractivity contribution < 1.29 is 17.6 Å². The third-order valence-electron chi connectivity index (χ3n) is 5.42. The molecule has 0 aliphatic heterocycles. The van der Waals surface area contributed by atoms with Gasteiger partial charge in [-0.25, -0.2) is 12.8 Å². The number of benzene rings is 3. The van der Waals surface area contributed by atoms with Crippen molar-refractivity contribution in [3.8, 4) is 11.1 Å². The number of thiophene rings is 1. The number of sulfonamides is 1. The van der Waals surface area contributed by atoms with Crippen LogP contribution in [-0.2, 0) is 16.6 Å². The van der Waals surface area contributed by atoms with E-state index in [1.54, 1.807) is 53.9 Å². The van der Waals surface area contributed by atoms with Gasteiger partial charge in [-0.1, -0.05) is 60.7 Å². The Bertz CT molecular complexity index is 1430. The summed E-state index contributed by atoms with van der Waals surface area (Å²) < 4.78 is 42.9. The van der Waals surface area contributed by atoms with Crippen molar-refractivity contribution in [2.45, 2.75) is 18.4 Å². The van der Waals surface area contributed by atoms with Crippen molar-refractivity contribution in [3.05, 3.63) is 106 Å². The van der Waals surface area contributed by atoms with Gasteiger partial charge in [0.15, 0.2) is 0 Å². The molecule has 174 valence electrons. The van der Waals surface area contributed by atoms with Crippen LogP contribution in [0.25, 0.3) is 11.1 Å². The topological polar surface area (TPSA) is 66.5 Å². The molecule has 5 nitrogen and oxygen atoms in total. The maximum absolute atomic E-state index is 14.0. The van der Waals surface area contributed by atoms with Gasteiger partial charge < -0.3 is 5.32 Å². The summed E-state index contributed by atoms with van der Waals surface area (Å²) in [5.41, 5.74) is 2.85. The zero-order valence-corrected chi connectivity index (χ0v) is 20.3. The van der Waals surface area contributed by atoms with Crippen LogP contribution in [0.2, 0.25) is 0 Å². The molecule has 0 aliphatic rings. The van der Waals surface area contributed by atoms with Gasteiger partial charge in [-0.2, -0.15) is 0 Å². The molecule has 0 saturated carbocycles. The quantitative estimate of drug-likeness (QED) is 0.363. The van der Waals surface area contributed by atoms with Gasteiger partial charge in [0.2, 0.25) is 0 Å². The number of carbonyl (C=O) groups excluding carboxylic acids is 1. The van der Waals surface area contributed by atoms with Crippen molar-refractivity contribution in [2.75, 3.05) is 11.4 Å². The Labute approximate surface area is 202 Å². The second-order valence-corrected chi connectivity index (χ2v) is 10.5. The van der Waals surface area contributed by atoms with Gasteiger partial charge in [0.25, 0.3) is 15.9 Å². The van der Waals surface area contributed by atoms with Crippen molar-refractivity contribution >= 4 is 33.0 Å². The third-order valence-corrected chi connectivity index (χ3v) is 8.40. The first-order chi connectivity index (χ1) is 16.3. The van der Waals surface area contributed by atoms with Gasteiger partial charge in [-0.15, -0.1) is 11.3 Å². The number of hydrogen-bond acceptors (Lipinski definition) is 4. The number of carbonyl (C=O) groups is 1. The molecule has 1 aromatic heterocycles. The summed E-state index contributed by atoms with van der Waals surface area (Å²) in [6.45, 7) is 1.82. The van der Waals surface area contributed by atoms with E-state index in [1.165, 1.54) is 17.4 Å². The molecule has 34 heavy (non-hydrogen) atoms. The second-order valence-electron chi connectivity index (χ2n) is 7.76. The summed E-state index contributed by atoms with van der Waals surface area (Å²) in [6.07, 6.45) is 0. The Balaban J connectivity index is 1.77. The van der Waals surface area contributed by atoms with Gasteiger partial charge in [0, 0.05) is 30.1 Å². The lowest BCUT2D eigenvalue weighted by molar-refractivity contribution is 0.0951. The Hall–Kier alpha value is -3.49. The molecule has 1 amide bonds. The molecular formula is C26H23FN2O3S2. The molecule has 1 heterocycles. The number of nitrogens with zero attached hydrogens (tertiary/aromatic N) is 1. The van der Waals surface area contributed by atoms with Crippen LogP contribution in [0.5, 0.6) is 0 Å². The molecule has 1 N–H and O–H groups in total. The SMILES string of the molecule is Cc1cccc(N(C)S(=O)(=O)c2c(-c3ccccc3)csc2C(=O)NCc2ccccc2F)c1. The molecule has 0 spiro atoms. The minimum absolute atomic E-state index is 0.0506. The van der Waals surface area contributed by atoms with Crippen LogP contribution >= 0.6 is 11.3 Å². The Morgan fingerprint density at radius 2 is 1.71 bits per heavy atom. The normalized spacial score (nSPS) is 11.3. The lowest BCUT2D eigenvalue weighted by Crippen LogP contribution is -2.30. The number of hydrogen-bond donors (Lipinski definition) is 1. The summed E-state index contributed by atoms with van der Waals surface area (Å²) in [5.74, 6) is -1.02. The van der Waals surface area contributed by atoms with Crippen molar-refractivity contribution in [3.63, 3.8) is 0 Å². The molecule has 0 radical (unpaired) electrons. The van der Waals surface area contributed by atoms with Gasteiger partial charge in [-0.05, 0) is 36.2 Å². The molecule has 4 rings (SSSR count). The van der Waals surface area contributed by atoms with E-state index in [0.717, 1.165) is 16.9 Å². The standard InChI is InChI=1S/C26H23FN2O3S2/c1-18-9-8-13-21(15-18)29(2)34(31,32)25-22(19-10-4-3-5-11-19)17-33-24(25)26(30)28-16-20-12-6-7-14-23(20)27/h3-15,17H,16H2,1-2H3,(H,28,30). The maximum Gasteiger partial charge on any atom is 0.266 e. The highest BCUT2D eigenvalue weighted by Gasteiger charge is 2.32. The highest BCUT2D eigenvalue weighted by molar-refractivity contribution is 7.93. The summed E-state index contributed by atoms with van der Waals surface area (Å²) in [6, 6.07) is 22.3. The molecule has 4 aromatic rings. The maximum atomic E-state index is 14.0. The first-order valence-corrected chi connectivity index (χ1v) is 12.8. The van der Waals surface area contributed by atoms with Gasteiger partial charge in [0.1, 0.15) is 15.6 Å². The van der Waals surface area contributed by atoms with Crippen LogP contribution in [0.1, 0.15) is 20.8 Å². The number of nitrogens with one attached hydrogen (secondary N) is 1. The first-order valence-electron chi connectivity index (χ1n) is 10.5. The fraction of sp³-hybridized carbons (Fsp3) is 0.115. The van der Waals surface area contributed by atoms with E-state index in [2.05, 4.69) is 5.32 Å². The minimum Gasteiger partial charge on any atom is -0.347 e. The average Bonchev–Trinajstić information content (AvgIpc) is 3.30. The minimum atomic E-state index is -4.10.